The highest BCUT2D eigenvalue weighted by molar-refractivity contribution is 6.46. The monoisotopic (exact) mass is 428 g/mol. The van der Waals surface area contributed by atoms with Crippen molar-refractivity contribution in [2.24, 2.45) is 0 Å². The smallest absolute Gasteiger partial charge is 0.295 e. The highest BCUT2D eigenvalue weighted by Crippen LogP contribution is 2.41. The lowest BCUT2D eigenvalue weighted by Crippen LogP contribution is -2.29. The van der Waals surface area contributed by atoms with Gasteiger partial charge in [-0.1, -0.05) is 29.8 Å². The zero-order valence-electron chi connectivity index (χ0n) is 18.2. The maximum absolute atomic E-state index is 13.2. The Kier molecular flexibility index (Phi) is 5.77. The van der Waals surface area contributed by atoms with Gasteiger partial charge in [0.15, 0.2) is 0 Å². The highest BCUT2D eigenvalue weighted by Gasteiger charge is 2.46. The predicted molar refractivity (Wildman–Crippen MR) is 121 cm³/mol. The molecule has 1 fully saturated rings. The molecule has 1 amide bonds. The molecular weight excluding hydrogens is 404 g/mol. The maximum atomic E-state index is 13.2. The summed E-state index contributed by atoms with van der Waals surface area (Å²) in [5, 5.41) is 11.3. The number of ether oxygens (including phenoxy) is 1. The molecule has 0 radical (unpaired) electrons. The molecule has 6 heteroatoms. The summed E-state index contributed by atoms with van der Waals surface area (Å²) in [6.07, 6.45) is 3.29. The van der Waals surface area contributed by atoms with E-state index in [9.17, 15) is 14.7 Å². The van der Waals surface area contributed by atoms with E-state index in [1.165, 1.54) is 4.90 Å². The van der Waals surface area contributed by atoms with Crippen molar-refractivity contribution in [2.75, 3.05) is 7.11 Å². The van der Waals surface area contributed by atoms with Gasteiger partial charge in [-0.3, -0.25) is 14.6 Å². The molecule has 1 atom stereocenters. The van der Waals surface area contributed by atoms with Crippen LogP contribution in [0, 0.1) is 13.8 Å². The molecule has 1 aliphatic heterocycles. The number of aliphatic hydroxyl groups is 1. The van der Waals surface area contributed by atoms with Crippen LogP contribution in [0.3, 0.4) is 0 Å². The van der Waals surface area contributed by atoms with Gasteiger partial charge in [-0.15, -0.1) is 0 Å². The molecule has 0 saturated carbocycles. The van der Waals surface area contributed by atoms with Crippen LogP contribution < -0.4 is 4.74 Å². The van der Waals surface area contributed by atoms with Gasteiger partial charge in [0.2, 0.25) is 0 Å². The Balaban J connectivity index is 1.89. The molecule has 1 N–H and O–H groups in total. The van der Waals surface area contributed by atoms with Gasteiger partial charge in [0, 0.05) is 24.5 Å². The average Bonchev–Trinajstić information content (AvgIpc) is 3.06. The largest absolute Gasteiger partial charge is 0.507 e. The molecule has 0 aliphatic carbocycles. The molecule has 0 bridgehead atoms. The molecule has 4 rings (SSSR count). The van der Waals surface area contributed by atoms with E-state index in [0.717, 1.165) is 16.7 Å². The zero-order chi connectivity index (χ0) is 22.8. The Morgan fingerprint density at radius 1 is 1.03 bits per heavy atom. The topological polar surface area (TPSA) is 79.7 Å². The minimum absolute atomic E-state index is 0.0860. The lowest BCUT2D eigenvalue weighted by atomic mass is 9.93. The number of aromatic nitrogens is 1. The lowest BCUT2D eigenvalue weighted by Gasteiger charge is -2.25. The Bertz CT molecular complexity index is 1200. The van der Waals surface area contributed by atoms with Crippen LogP contribution in [-0.4, -0.2) is 33.8 Å². The molecular formula is C26H24N2O4. The molecule has 162 valence electrons. The summed E-state index contributed by atoms with van der Waals surface area (Å²) < 4.78 is 5.25. The number of amides is 1. The second-order valence-corrected chi connectivity index (χ2v) is 7.87. The number of aliphatic hydroxyl groups excluding tert-OH is 1. The van der Waals surface area contributed by atoms with Crippen LogP contribution in [-0.2, 0) is 16.1 Å². The van der Waals surface area contributed by atoms with E-state index in [4.69, 9.17) is 4.74 Å². The molecule has 6 nitrogen and oxygen atoms in total. The standard InChI is InChI=1S/C26H24N2O4/c1-16-4-5-17(2)21(14-16)24(29)22-23(19-6-8-20(32-3)9-7-19)28(26(31)25(22)30)15-18-10-12-27-13-11-18/h4-14,23,29H,15H2,1-3H3. The number of aryl methyl sites for hydroxylation is 2. The minimum Gasteiger partial charge on any atom is -0.507 e. The second kappa shape index (κ2) is 8.67. The van der Waals surface area contributed by atoms with Crippen molar-refractivity contribution in [3.8, 4) is 5.75 Å². The van der Waals surface area contributed by atoms with Crippen LogP contribution in [0.15, 0.2) is 72.6 Å². The van der Waals surface area contributed by atoms with Crippen molar-refractivity contribution < 1.29 is 19.4 Å². The molecule has 3 aromatic rings. The van der Waals surface area contributed by atoms with Gasteiger partial charge in [0.25, 0.3) is 11.7 Å². The van der Waals surface area contributed by atoms with Gasteiger partial charge in [-0.25, -0.2) is 0 Å². The van der Waals surface area contributed by atoms with Crippen LogP contribution in [0.5, 0.6) is 5.75 Å². The minimum atomic E-state index is -0.728. The summed E-state index contributed by atoms with van der Waals surface area (Å²) in [7, 11) is 1.57. The molecule has 0 spiro atoms. The first-order valence-electron chi connectivity index (χ1n) is 10.3. The quantitative estimate of drug-likeness (QED) is 0.372. The molecule has 1 aliphatic rings. The zero-order valence-corrected chi connectivity index (χ0v) is 18.2. The summed E-state index contributed by atoms with van der Waals surface area (Å²) >= 11 is 0. The molecule has 1 saturated heterocycles. The number of carbonyl (C=O) groups excluding carboxylic acids is 2. The first kappa shape index (κ1) is 21.3. The van der Waals surface area contributed by atoms with E-state index in [0.29, 0.717) is 16.9 Å². The number of benzene rings is 2. The van der Waals surface area contributed by atoms with Crippen LogP contribution in [0.25, 0.3) is 5.76 Å². The second-order valence-electron chi connectivity index (χ2n) is 7.87. The van der Waals surface area contributed by atoms with Crippen molar-refractivity contribution in [1.82, 2.24) is 9.88 Å². The lowest BCUT2D eigenvalue weighted by molar-refractivity contribution is -0.140. The summed E-state index contributed by atoms with van der Waals surface area (Å²) in [5.74, 6) is -0.843. The fourth-order valence-electron chi connectivity index (χ4n) is 4.00. The van der Waals surface area contributed by atoms with Crippen LogP contribution in [0.4, 0.5) is 0 Å². The van der Waals surface area contributed by atoms with E-state index >= 15 is 0 Å². The van der Waals surface area contributed by atoms with Gasteiger partial charge >= 0.3 is 0 Å². The van der Waals surface area contributed by atoms with E-state index < -0.39 is 17.7 Å². The number of Topliss-reactive ketones (excluding diaryl/α,β-unsaturated/α-hetero) is 1. The van der Waals surface area contributed by atoms with Crippen LogP contribution >= 0.6 is 0 Å². The summed E-state index contributed by atoms with van der Waals surface area (Å²) in [4.78, 5) is 31.8. The van der Waals surface area contributed by atoms with E-state index in [2.05, 4.69) is 4.98 Å². The number of methoxy groups -OCH3 is 1. The van der Waals surface area contributed by atoms with Gasteiger partial charge in [0.05, 0.1) is 18.7 Å². The molecule has 1 aromatic heterocycles. The fraction of sp³-hybridized carbons (Fsp3) is 0.192. The molecule has 32 heavy (non-hydrogen) atoms. The maximum Gasteiger partial charge on any atom is 0.295 e. The number of likely N-dealkylation sites (tertiary alicyclic amines) is 1. The number of rotatable bonds is 5. The van der Waals surface area contributed by atoms with Crippen LogP contribution in [0.2, 0.25) is 0 Å². The third-order valence-electron chi connectivity index (χ3n) is 5.72. The van der Waals surface area contributed by atoms with Crippen molar-refractivity contribution in [2.45, 2.75) is 26.4 Å². The van der Waals surface area contributed by atoms with Crippen molar-refractivity contribution >= 4 is 17.4 Å². The van der Waals surface area contributed by atoms with Gasteiger partial charge < -0.3 is 14.7 Å². The number of nitrogens with zero attached hydrogens (tertiary/aromatic N) is 2. The van der Waals surface area contributed by atoms with Gasteiger partial charge in [-0.05, 0) is 60.9 Å². The summed E-state index contributed by atoms with van der Waals surface area (Å²) in [6, 6.07) is 15.7. The predicted octanol–water partition coefficient (Wildman–Crippen LogP) is 4.33. The van der Waals surface area contributed by atoms with Crippen molar-refractivity contribution in [3.05, 3.63) is 100 Å². The average molecular weight is 428 g/mol. The summed E-state index contributed by atoms with van der Waals surface area (Å²) in [5.41, 5.74) is 3.96. The first-order valence-corrected chi connectivity index (χ1v) is 10.3. The number of hydrogen-bond acceptors (Lipinski definition) is 5. The Morgan fingerprint density at radius 3 is 2.38 bits per heavy atom. The van der Waals surface area contributed by atoms with Gasteiger partial charge in [-0.2, -0.15) is 0 Å². The Morgan fingerprint density at radius 2 is 1.72 bits per heavy atom. The molecule has 1 unspecified atom stereocenters. The number of hydrogen-bond donors (Lipinski definition) is 1. The normalized spacial score (nSPS) is 17.6. The third-order valence-corrected chi connectivity index (χ3v) is 5.72. The Labute approximate surface area is 186 Å². The van der Waals surface area contributed by atoms with Crippen LogP contribution in [0.1, 0.15) is 33.9 Å². The Hall–Kier alpha value is -3.93. The van der Waals surface area contributed by atoms with Gasteiger partial charge in [0.1, 0.15) is 11.5 Å². The number of pyridine rings is 1. The van der Waals surface area contributed by atoms with E-state index in [-0.39, 0.29) is 17.9 Å². The van der Waals surface area contributed by atoms with Crippen molar-refractivity contribution in [1.29, 1.82) is 0 Å². The molecule has 2 heterocycles. The third kappa shape index (κ3) is 3.87. The van der Waals surface area contributed by atoms with Crippen molar-refractivity contribution in [3.63, 3.8) is 0 Å². The highest BCUT2D eigenvalue weighted by atomic mass is 16.5. The first-order chi connectivity index (χ1) is 15.4. The molecule has 2 aromatic carbocycles. The SMILES string of the molecule is COc1ccc(C2C(=C(O)c3cc(C)ccc3C)C(=O)C(=O)N2Cc2ccncc2)cc1. The number of ketones is 1. The summed E-state index contributed by atoms with van der Waals surface area (Å²) in [6.45, 7) is 4.00. The number of carbonyl (C=O) groups is 2. The van der Waals surface area contributed by atoms with E-state index in [1.54, 1.807) is 43.8 Å². The fourth-order valence-corrected chi connectivity index (χ4v) is 4.00. The van der Waals surface area contributed by atoms with E-state index in [1.807, 2.05) is 44.2 Å².